The van der Waals surface area contributed by atoms with Gasteiger partial charge in [0.1, 0.15) is 0 Å². The Bertz CT molecular complexity index is 546. The molecule has 1 saturated carbocycles. The van der Waals surface area contributed by atoms with E-state index in [0.717, 1.165) is 12.8 Å². The first-order valence-corrected chi connectivity index (χ1v) is 7.41. The van der Waals surface area contributed by atoms with Gasteiger partial charge in [-0.1, -0.05) is 15.9 Å². The first-order valence-electron chi connectivity index (χ1n) is 6.61. The van der Waals surface area contributed by atoms with E-state index in [-0.39, 0.29) is 17.6 Å². The summed E-state index contributed by atoms with van der Waals surface area (Å²) in [5.74, 6) is -1.04. The van der Waals surface area contributed by atoms with Crippen molar-refractivity contribution in [1.29, 1.82) is 0 Å². The summed E-state index contributed by atoms with van der Waals surface area (Å²) in [5.41, 5.74) is 0.574. The third-order valence-corrected chi connectivity index (χ3v) is 3.64. The number of aromatic carboxylic acids is 1. The Morgan fingerprint density at radius 3 is 2.71 bits per heavy atom. The lowest BCUT2D eigenvalue weighted by atomic mass is 10.2. The zero-order valence-electron chi connectivity index (χ0n) is 11.6. The maximum Gasteiger partial charge on any atom is 0.335 e. The molecule has 0 saturated heterocycles. The number of benzene rings is 1. The molecule has 114 valence electrons. The van der Waals surface area contributed by atoms with E-state index < -0.39 is 5.97 Å². The van der Waals surface area contributed by atoms with E-state index in [0.29, 0.717) is 23.3 Å². The van der Waals surface area contributed by atoms with Crippen molar-refractivity contribution < 1.29 is 19.4 Å². The average Bonchev–Trinajstić information content (AvgIpc) is 3.23. The van der Waals surface area contributed by atoms with Crippen LogP contribution < -0.4 is 5.32 Å². The molecule has 0 spiro atoms. The van der Waals surface area contributed by atoms with E-state index in [1.165, 1.54) is 12.1 Å². The van der Waals surface area contributed by atoms with Gasteiger partial charge in [0.15, 0.2) is 0 Å². The van der Waals surface area contributed by atoms with Crippen molar-refractivity contribution in [1.82, 2.24) is 4.90 Å². The number of rotatable bonds is 6. The molecule has 0 aromatic heterocycles. The number of methoxy groups -OCH3 is 1. The Balaban J connectivity index is 2.08. The number of carbonyl (C=O) groups is 2. The molecule has 6 nitrogen and oxygen atoms in total. The molecular formula is C14H17BrN2O4. The van der Waals surface area contributed by atoms with Gasteiger partial charge in [-0.25, -0.2) is 9.59 Å². The first-order chi connectivity index (χ1) is 10.0. The number of urea groups is 1. The summed E-state index contributed by atoms with van der Waals surface area (Å²) >= 11 is 3.24. The monoisotopic (exact) mass is 356 g/mol. The minimum atomic E-state index is -1.04. The fourth-order valence-electron chi connectivity index (χ4n) is 2.01. The minimum absolute atomic E-state index is 0.120. The number of ether oxygens (including phenoxy) is 1. The molecule has 0 aliphatic heterocycles. The highest BCUT2D eigenvalue weighted by Gasteiger charge is 2.32. The quantitative estimate of drug-likeness (QED) is 0.821. The Kier molecular flexibility index (Phi) is 5.19. The van der Waals surface area contributed by atoms with Gasteiger partial charge in [-0.15, -0.1) is 0 Å². The number of nitrogens with one attached hydrogen (secondary N) is 1. The minimum Gasteiger partial charge on any atom is -0.478 e. The largest absolute Gasteiger partial charge is 0.478 e. The van der Waals surface area contributed by atoms with Crippen molar-refractivity contribution >= 4 is 33.6 Å². The normalized spacial score (nSPS) is 13.8. The fourth-order valence-corrected chi connectivity index (χ4v) is 2.50. The van der Waals surface area contributed by atoms with Gasteiger partial charge in [-0.05, 0) is 31.0 Å². The molecule has 21 heavy (non-hydrogen) atoms. The van der Waals surface area contributed by atoms with Gasteiger partial charge < -0.3 is 20.1 Å². The molecule has 2 amide bonds. The lowest BCUT2D eigenvalue weighted by molar-refractivity contribution is 0.0696. The summed E-state index contributed by atoms with van der Waals surface area (Å²) in [6, 6.07) is 4.62. The van der Waals surface area contributed by atoms with Gasteiger partial charge in [-0.2, -0.15) is 0 Å². The topological polar surface area (TPSA) is 78.9 Å². The summed E-state index contributed by atoms with van der Waals surface area (Å²) < 4.78 is 5.62. The molecule has 1 aliphatic carbocycles. The van der Waals surface area contributed by atoms with Crippen molar-refractivity contribution in [2.45, 2.75) is 18.9 Å². The van der Waals surface area contributed by atoms with Gasteiger partial charge in [0.2, 0.25) is 0 Å². The van der Waals surface area contributed by atoms with Crippen molar-refractivity contribution in [2.24, 2.45) is 0 Å². The molecule has 1 aromatic carbocycles. The molecule has 1 fully saturated rings. The Morgan fingerprint density at radius 1 is 1.43 bits per heavy atom. The molecule has 1 aliphatic rings. The van der Waals surface area contributed by atoms with E-state index in [4.69, 9.17) is 9.84 Å². The van der Waals surface area contributed by atoms with Crippen LogP contribution in [0.25, 0.3) is 0 Å². The molecule has 0 bridgehead atoms. The second-order valence-electron chi connectivity index (χ2n) is 4.88. The number of amides is 2. The third-order valence-electron chi connectivity index (χ3n) is 3.18. The highest BCUT2D eigenvalue weighted by molar-refractivity contribution is 9.10. The van der Waals surface area contributed by atoms with Gasteiger partial charge in [0, 0.05) is 29.9 Å². The predicted octanol–water partition coefficient (Wildman–Crippen LogP) is 2.79. The van der Waals surface area contributed by atoms with Crippen molar-refractivity contribution in [3.8, 4) is 0 Å². The van der Waals surface area contributed by atoms with E-state index in [1.54, 1.807) is 18.1 Å². The molecule has 2 N–H and O–H groups in total. The molecule has 0 radical (unpaired) electrons. The van der Waals surface area contributed by atoms with Crippen LogP contribution in [0.1, 0.15) is 23.2 Å². The lowest BCUT2D eigenvalue weighted by Gasteiger charge is -2.22. The van der Waals surface area contributed by atoms with Crippen LogP contribution in [-0.2, 0) is 4.74 Å². The van der Waals surface area contributed by atoms with Crippen molar-refractivity contribution in [2.75, 3.05) is 25.6 Å². The second kappa shape index (κ2) is 6.91. The number of hydrogen-bond donors (Lipinski definition) is 2. The molecule has 0 atom stereocenters. The first kappa shape index (κ1) is 15.8. The van der Waals surface area contributed by atoms with Crippen LogP contribution in [0, 0.1) is 0 Å². The van der Waals surface area contributed by atoms with Crippen LogP contribution in [0.15, 0.2) is 22.7 Å². The number of carbonyl (C=O) groups excluding carboxylic acids is 1. The van der Waals surface area contributed by atoms with Crippen molar-refractivity contribution in [3.05, 3.63) is 28.2 Å². The summed E-state index contributed by atoms with van der Waals surface area (Å²) in [7, 11) is 1.59. The van der Waals surface area contributed by atoms with Crippen LogP contribution in [-0.4, -0.2) is 48.3 Å². The van der Waals surface area contributed by atoms with E-state index in [2.05, 4.69) is 21.2 Å². The van der Waals surface area contributed by atoms with E-state index in [9.17, 15) is 9.59 Å². The number of halogens is 1. The lowest BCUT2D eigenvalue weighted by Crippen LogP contribution is -2.39. The molecule has 0 heterocycles. The SMILES string of the molecule is COCCN(C(=O)Nc1cc(Br)cc(C(=O)O)c1)C1CC1. The molecule has 2 rings (SSSR count). The zero-order chi connectivity index (χ0) is 15.4. The third kappa shape index (κ3) is 4.44. The number of carboxylic acid groups (broad SMARTS) is 1. The maximum absolute atomic E-state index is 12.3. The Hall–Kier alpha value is -1.60. The van der Waals surface area contributed by atoms with Crippen molar-refractivity contribution in [3.63, 3.8) is 0 Å². The van der Waals surface area contributed by atoms with Crippen LogP contribution in [0.5, 0.6) is 0 Å². The number of carboxylic acids is 1. The van der Waals surface area contributed by atoms with E-state index >= 15 is 0 Å². The average molecular weight is 357 g/mol. The number of hydrogen-bond acceptors (Lipinski definition) is 3. The predicted molar refractivity (Wildman–Crippen MR) is 81.7 cm³/mol. The van der Waals surface area contributed by atoms with Crippen LogP contribution in [0.2, 0.25) is 0 Å². The molecule has 1 aromatic rings. The van der Waals surface area contributed by atoms with Crippen LogP contribution >= 0.6 is 15.9 Å². The maximum atomic E-state index is 12.3. The smallest absolute Gasteiger partial charge is 0.335 e. The van der Waals surface area contributed by atoms with Gasteiger partial charge in [-0.3, -0.25) is 0 Å². The molecule has 0 unspecified atom stereocenters. The van der Waals surface area contributed by atoms with Gasteiger partial charge >= 0.3 is 12.0 Å². The summed E-state index contributed by atoms with van der Waals surface area (Å²) in [6.45, 7) is 0.996. The van der Waals surface area contributed by atoms with Crippen LogP contribution in [0.4, 0.5) is 10.5 Å². The molecular weight excluding hydrogens is 340 g/mol. The second-order valence-corrected chi connectivity index (χ2v) is 5.80. The fraction of sp³-hybridized carbons (Fsp3) is 0.429. The summed E-state index contributed by atoms with van der Waals surface area (Å²) in [5, 5.41) is 11.8. The standard InChI is InChI=1S/C14H17BrN2O4/c1-21-5-4-17(12-2-3-12)14(20)16-11-7-9(13(18)19)6-10(15)8-11/h6-8,12H,2-5H2,1H3,(H,16,20)(H,18,19). The Labute approximate surface area is 131 Å². The molecule has 7 heteroatoms. The van der Waals surface area contributed by atoms with Gasteiger partial charge in [0.05, 0.1) is 12.2 Å². The summed E-state index contributed by atoms with van der Waals surface area (Å²) in [6.07, 6.45) is 1.99. The highest BCUT2D eigenvalue weighted by atomic mass is 79.9. The number of anilines is 1. The van der Waals surface area contributed by atoms with Crippen LogP contribution in [0.3, 0.4) is 0 Å². The Morgan fingerprint density at radius 2 is 2.14 bits per heavy atom. The summed E-state index contributed by atoms with van der Waals surface area (Å²) in [4.78, 5) is 25.0. The highest BCUT2D eigenvalue weighted by Crippen LogP contribution is 2.28. The van der Waals surface area contributed by atoms with E-state index in [1.807, 2.05) is 0 Å². The number of nitrogens with zero attached hydrogens (tertiary/aromatic N) is 1. The van der Waals surface area contributed by atoms with Gasteiger partial charge in [0.25, 0.3) is 0 Å². The zero-order valence-corrected chi connectivity index (χ0v) is 13.2.